The summed E-state index contributed by atoms with van der Waals surface area (Å²) in [5, 5.41) is 13.3. The van der Waals surface area contributed by atoms with Crippen molar-refractivity contribution >= 4 is 40.6 Å². The number of hydrogen-bond acceptors (Lipinski definition) is 6. The van der Waals surface area contributed by atoms with Gasteiger partial charge in [0.05, 0.1) is 26.8 Å². The van der Waals surface area contributed by atoms with Crippen LogP contribution in [-0.2, 0) is 17.6 Å². The summed E-state index contributed by atoms with van der Waals surface area (Å²) < 4.78 is 5.22. The standard InChI is InChI=1S/C25H19ClN2O6/c26-21-13-18(28(32)33)10-11-19(21)24(30)27-22-7-2-1-6-20(22)25(31)34-14-23(29)17-9-8-15-4-3-5-16(15)12-17/h1-2,6-13H,3-5,14H2,(H,27,30). The van der Waals surface area contributed by atoms with Gasteiger partial charge in [-0.1, -0.05) is 35.9 Å². The van der Waals surface area contributed by atoms with Gasteiger partial charge in [0.15, 0.2) is 12.4 Å². The van der Waals surface area contributed by atoms with E-state index < -0.39 is 23.4 Å². The fraction of sp³-hybridized carbons (Fsp3) is 0.160. The topological polar surface area (TPSA) is 116 Å². The Hall–Kier alpha value is -4.04. The van der Waals surface area contributed by atoms with E-state index in [1.807, 2.05) is 12.1 Å². The van der Waals surface area contributed by atoms with Crippen molar-refractivity contribution in [2.24, 2.45) is 0 Å². The number of amides is 1. The second-order valence-electron chi connectivity index (χ2n) is 7.76. The van der Waals surface area contributed by atoms with E-state index in [0.717, 1.165) is 37.0 Å². The second-order valence-corrected chi connectivity index (χ2v) is 8.16. The lowest BCUT2D eigenvalue weighted by Crippen LogP contribution is -2.18. The van der Waals surface area contributed by atoms with Crippen LogP contribution in [0, 0.1) is 10.1 Å². The van der Waals surface area contributed by atoms with Gasteiger partial charge in [0.1, 0.15) is 0 Å². The van der Waals surface area contributed by atoms with E-state index in [-0.39, 0.29) is 33.3 Å². The number of benzene rings is 3. The molecule has 0 aromatic heterocycles. The van der Waals surface area contributed by atoms with Crippen LogP contribution in [0.3, 0.4) is 0 Å². The molecule has 34 heavy (non-hydrogen) atoms. The van der Waals surface area contributed by atoms with Crippen LogP contribution in [0.4, 0.5) is 11.4 Å². The number of non-ortho nitro benzene ring substituents is 1. The number of nitro groups is 1. The summed E-state index contributed by atoms with van der Waals surface area (Å²) in [5.74, 6) is -1.75. The number of halogens is 1. The molecule has 1 amide bonds. The van der Waals surface area contributed by atoms with Gasteiger partial charge in [-0.25, -0.2) is 4.79 Å². The van der Waals surface area contributed by atoms with E-state index in [2.05, 4.69) is 5.32 Å². The lowest BCUT2D eigenvalue weighted by Gasteiger charge is -2.12. The molecule has 0 saturated heterocycles. The SMILES string of the molecule is O=C(COC(=O)c1ccccc1NC(=O)c1ccc([N+](=O)[O-])cc1Cl)c1ccc2c(c1)CCC2. The Labute approximate surface area is 199 Å². The van der Waals surface area contributed by atoms with E-state index in [4.69, 9.17) is 16.3 Å². The van der Waals surface area contributed by atoms with Crippen molar-refractivity contribution in [2.75, 3.05) is 11.9 Å². The third kappa shape index (κ3) is 4.97. The van der Waals surface area contributed by atoms with Gasteiger partial charge >= 0.3 is 5.97 Å². The first-order valence-corrected chi connectivity index (χ1v) is 10.9. The summed E-state index contributed by atoms with van der Waals surface area (Å²) in [4.78, 5) is 48.1. The zero-order valence-corrected chi connectivity index (χ0v) is 18.6. The van der Waals surface area contributed by atoms with Crippen molar-refractivity contribution in [3.05, 3.63) is 104 Å². The number of carbonyl (C=O) groups is 3. The first kappa shape index (κ1) is 23.1. The lowest BCUT2D eigenvalue weighted by molar-refractivity contribution is -0.384. The molecule has 3 aromatic rings. The molecule has 1 aliphatic rings. The number of esters is 1. The molecule has 0 spiro atoms. The first-order valence-electron chi connectivity index (χ1n) is 10.5. The van der Waals surface area contributed by atoms with Gasteiger partial charge in [0, 0.05) is 17.7 Å². The average Bonchev–Trinajstić information content (AvgIpc) is 3.30. The molecule has 9 heteroatoms. The molecule has 1 N–H and O–H groups in total. The molecule has 0 heterocycles. The first-order chi connectivity index (χ1) is 16.3. The van der Waals surface area contributed by atoms with Gasteiger partial charge in [-0.3, -0.25) is 19.7 Å². The van der Waals surface area contributed by atoms with Gasteiger partial charge in [-0.15, -0.1) is 0 Å². The summed E-state index contributed by atoms with van der Waals surface area (Å²) in [6, 6.07) is 15.1. The fourth-order valence-electron chi connectivity index (χ4n) is 3.80. The van der Waals surface area contributed by atoms with Crippen molar-refractivity contribution in [3.8, 4) is 0 Å². The van der Waals surface area contributed by atoms with Crippen LogP contribution in [0.25, 0.3) is 0 Å². The summed E-state index contributed by atoms with van der Waals surface area (Å²) >= 11 is 6.02. The van der Waals surface area contributed by atoms with E-state index in [1.54, 1.807) is 18.2 Å². The summed E-state index contributed by atoms with van der Waals surface area (Å²) in [5.41, 5.74) is 2.83. The average molecular weight is 479 g/mol. The maximum absolute atomic E-state index is 12.7. The van der Waals surface area contributed by atoms with E-state index in [9.17, 15) is 24.5 Å². The van der Waals surface area contributed by atoms with E-state index in [1.165, 1.54) is 23.8 Å². The van der Waals surface area contributed by atoms with Gasteiger partial charge in [-0.05, 0) is 54.7 Å². The van der Waals surface area contributed by atoms with Crippen LogP contribution in [0.15, 0.2) is 60.7 Å². The highest BCUT2D eigenvalue weighted by molar-refractivity contribution is 6.34. The van der Waals surface area contributed by atoms with Crippen LogP contribution in [0.1, 0.15) is 48.6 Å². The molecule has 1 aliphatic carbocycles. The molecule has 3 aromatic carbocycles. The van der Waals surface area contributed by atoms with Crippen LogP contribution < -0.4 is 5.32 Å². The minimum absolute atomic E-state index is 0.00206. The summed E-state index contributed by atoms with van der Waals surface area (Å²) in [7, 11) is 0. The third-order valence-electron chi connectivity index (χ3n) is 5.56. The molecule has 0 radical (unpaired) electrons. The summed E-state index contributed by atoms with van der Waals surface area (Å²) in [6.07, 6.45) is 3.00. The van der Waals surface area contributed by atoms with Gasteiger partial charge in [0.25, 0.3) is 11.6 Å². The van der Waals surface area contributed by atoms with Gasteiger partial charge in [0.2, 0.25) is 0 Å². The highest BCUT2D eigenvalue weighted by atomic mass is 35.5. The molecule has 0 saturated carbocycles. The van der Waals surface area contributed by atoms with Crippen LogP contribution in [0.5, 0.6) is 0 Å². The van der Waals surface area contributed by atoms with Crippen LogP contribution in [-0.4, -0.2) is 29.2 Å². The van der Waals surface area contributed by atoms with Gasteiger partial charge in [-0.2, -0.15) is 0 Å². The lowest BCUT2D eigenvalue weighted by atomic mass is 10.0. The Morgan fingerprint density at radius 3 is 2.50 bits per heavy atom. The Bertz CT molecular complexity index is 1320. The zero-order valence-electron chi connectivity index (χ0n) is 17.9. The van der Waals surface area contributed by atoms with E-state index >= 15 is 0 Å². The Kier molecular flexibility index (Phi) is 6.70. The molecule has 0 unspecified atom stereocenters. The van der Waals surface area contributed by atoms with Gasteiger partial charge < -0.3 is 10.1 Å². The Morgan fingerprint density at radius 1 is 0.971 bits per heavy atom. The largest absolute Gasteiger partial charge is 0.454 e. The highest BCUT2D eigenvalue weighted by Crippen LogP contribution is 2.25. The number of Topliss-reactive ketones (excluding diaryl/α,β-unsaturated/α-hetero) is 1. The molecular formula is C25H19ClN2O6. The quantitative estimate of drug-likeness (QED) is 0.220. The molecular weight excluding hydrogens is 460 g/mol. The van der Waals surface area contributed by atoms with Crippen molar-refractivity contribution in [3.63, 3.8) is 0 Å². The van der Waals surface area contributed by atoms with Crippen molar-refractivity contribution < 1.29 is 24.0 Å². The minimum atomic E-state index is -0.778. The van der Waals surface area contributed by atoms with Crippen molar-refractivity contribution in [2.45, 2.75) is 19.3 Å². The molecule has 0 fully saturated rings. The van der Waals surface area contributed by atoms with Crippen molar-refractivity contribution in [1.29, 1.82) is 0 Å². The number of nitrogens with one attached hydrogen (secondary N) is 1. The number of fused-ring (bicyclic) bond motifs is 1. The number of hydrogen-bond donors (Lipinski definition) is 1. The number of anilines is 1. The highest BCUT2D eigenvalue weighted by Gasteiger charge is 2.20. The number of aryl methyl sites for hydroxylation is 2. The number of ether oxygens (including phenoxy) is 1. The van der Waals surface area contributed by atoms with Crippen LogP contribution in [0.2, 0.25) is 5.02 Å². The number of carbonyl (C=O) groups excluding carboxylic acids is 3. The zero-order chi connectivity index (χ0) is 24.2. The van der Waals surface area contributed by atoms with Crippen LogP contribution >= 0.6 is 11.6 Å². The molecule has 8 nitrogen and oxygen atoms in total. The number of nitro benzene ring substituents is 1. The Morgan fingerprint density at radius 2 is 1.74 bits per heavy atom. The smallest absolute Gasteiger partial charge is 0.340 e. The maximum atomic E-state index is 12.7. The molecule has 0 aliphatic heterocycles. The molecule has 0 bridgehead atoms. The number of ketones is 1. The monoisotopic (exact) mass is 478 g/mol. The summed E-state index contributed by atoms with van der Waals surface area (Å²) in [6.45, 7) is -0.436. The fourth-order valence-corrected chi connectivity index (χ4v) is 4.06. The minimum Gasteiger partial charge on any atom is -0.454 e. The van der Waals surface area contributed by atoms with Crippen molar-refractivity contribution in [1.82, 2.24) is 0 Å². The number of para-hydroxylation sites is 1. The Balaban J connectivity index is 1.44. The molecule has 172 valence electrons. The third-order valence-corrected chi connectivity index (χ3v) is 5.87. The predicted molar refractivity (Wildman–Crippen MR) is 126 cm³/mol. The number of rotatable bonds is 7. The molecule has 0 atom stereocenters. The second kappa shape index (κ2) is 9.84. The normalized spacial score (nSPS) is 12.0. The number of nitrogens with zero attached hydrogens (tertiary/aromatic N) is 1. The molecule has 4 rings (SSSR count). The maximum Gasteiger partial charge on any atom is 0.340 e. The van der Waals surface area contributed by atoms with E-state index in [0.29, 0.717) is 5.56 Å². The predicted octanol–water partition coefficient (Wildman–Crippen LogP) is 5.03.